The normalized spacial score (nSPS) is 13.5. The highest BCUT2D eigenvalue weighted by Crippen LogP contribution is 2.34. The van der Waals surface area contributed by atoms with Crippen molar-refractivity contribution in [2.45, 2.75) is 32.1 Å². The number of nitrogens with two attached hydrogens (primary N) is 1. The van der Waals surface area contributed by atoms with Crippen LogP contribution >= 0.6 is 23.2 Å². The van der Waals surface area contributed by atoms with Crippen molar-refractivity contribution >= 4 is 23.2 Å². The highest BCUT2D eigenvalue weighted by Gasteiger charge is 2.23. The molecule has 0 spiro atoms. The summed E-state index contributed by atoms with van der Waals surface area (Å²) in [6, 6.07) is 7.65. The fourth-order valence-corrected chi connectivity index (χ4v) is 2.55. The first-order valence-electron chi connectivity index (χ1n) is 6.54. The van der Waals surface area contributed by atoms with Crippen molar-refractivity contribution < 1.29 is 0 Å². The van der Waals surface area contributed by atoms with Crippen LogP contribution in [0.4, 0.5) is 0 Å². The van der Waals surface area contributed by atoms with Gasteiger partial charge in [0.2, 0.25) is 0 Å². The molecular weight excluding hydrogens is 293 g/mol. The van der Waals surface area contributed by atoms with Gasteiger partial charge in [-0.1, -0.05) is 56.1 Å². The molecule has 0 saturated carbocycles. The number of halogens is 2. The lowest BCUT2D eigenvalue weighted by Crippen LogP contribution is -2.15. The van der Waals surface area contributed by atoms with Gasteiger partial charge in [-0.05, 0) is 17.7 Å². The molecule has 2 rings (SSSR count). The minimum Gasteiger partial charge on any atom is -0.329 e. The fourth-order valence-electron chi connectivity index (χ4n) is 2.11. The van der Waals surface area contributed by atoms with Crippen LogP contribution in [0.15, 0.2) is 24.3 Å². The van der Waals surface area contributed by atoms with E-state index in [0.29, 0.717) is 16.6 Å². The van der Waals surface area contributed by atoms with Gasteiger partial charge in [0.15, 0.2) is 0 Å². The molecule has 20 heavy (non-hydrogen) atoms. The third kappa shape index (κ3) is 3.00. The molecule has 2 aromatic rings. The first-order valence-corrected chi connectivity index (χ1v) is 7.30. The van der Waals surface area contributed by atoms with Crippen LogP contribution in [0.3, 0.4) is 0 Å². The quantitative estimate of drug-likeness (QED) is 0.896. The Morgan fingerprint density at radius 1 is 1.30 bits per heavy atom. The van der Waals surface area contributed by atoms with E-state index in [4.69, 9.17) is 28.9 Å². The topological polar surface area (TPSA) is 54.7 Å². The van der Waals surface area contributed by atoms with Crippen LogP contribution in [0.5, 0.6) is 0 Å². The summed E-state index contributed by atoms with van der Waals surface area (Å²) in [6.07, 6.45) is 0. The van der Waals surface area contributed by atoms with Crippen LogP contribution in [0.2, 0.25) is 10.0 Å². The molecule has 0 aliphatic carbocycles. The van der Waals surface area contributed by atoms with Gasteiger partial charge in [-0.3, -0.25) is 5.10 Å². The van der Waals surface area contributed by atoms with E-state index >= 15 is 0 Å². The molecule has 0 radical (unpaired) electrons. The second-order valence-corrected chi connectivity index (χ2v) is 6.68. The zero-order chi connectivity index (χ0) is 14.9. The third-order valence-electron chi connectivity index (χ3n) is 3.33. The molecule has 0 aliphatic rings. The number of rotatable bonds is 3. The fraction of sp³-hybridized carbons (Fsp3) is 0.400. The smallest absolute Gasteiger partial charge is 0.0678 e. The standard InChI is InChI=1S/C15H19Cl2N3/c1-15(2,3)13-7-12(19-20-13)10(8-18)9-5-4-6-11(16)14(9)17/h4-7,10H,8,18H2,1-3H3,(H,19,20). The zero-order valence-corrected chi connectivity index (χ0v) is 13.4. The number of hydrogen-bond donors (Lipinski definition) is 2. The summed E-state index contributed by atoms with van der Waals surface area (Å²) in [6.45, 7) is 6.80. The first kappa shape index (κ1) is 15.4. The van der Waals surface area contributed by atoms with Gasteiger partial charge >= 0.3 is 0 Å². The summed E-state index contributed by atoms with van der Waals surface area (Å²) < 4.78 is 0. The number of benzene rings is 1. The number of nitrogens with zero attached hydrogens (tertiary/aromatic N) is 1. The predicted octanol–water partition coefficient (Wildman–Crippen LogP) is 4.10. The van der Waals surface area contributed by atoms with E-state index in [1.165, 1.54) is 0 Å². The van der Waals surface area contributed by atoms with Gasteiger partial charge in [0.05, 0.1) is 15.7 Å². The molecule has 0 fully saturated rings. The molecule has 1 aromatic carbocycles. The maximum absolute atomic E-state index is 6.29. The maximum Gasteiger partial charge on any atom is 0.0678 e. The Morgan fingerprint density at radius 3 is 2.55 bits per heavy atom. The van der Waals surface area contributed by atoms with Gasteiger partial charge in [-0.2, -0.15) is 5.10 Å². The molecule has 3 nitrogen and oxygen atoms in total. The summed E-state index contributed by atoms with van der Waals surface area (Å²) in [5.41, 5.74) is 8.80. The molecule has 0 aliphatic heterocycles. The Labute approximate surface area is 129 Å². The monoisotopic (exact) mass is 311 g/mol. The molecule has 1 atom stereocenters. The molecule has 0 bridgehead atoms. The van der Waals surface area contributed by atoms with Crippen molar-refractivity contribution in [3.8, 4) is 0 Å². The maximum atomic E-state index is 6.29. The number of nitrogens with one attached hydrogen (secondary N) is 1. The minimum atomic E-state index is -0.0372. The Balaban J connectivity index is 2.43. The Morgan fingerprint density at radius 2 is 2.00 bits per heavy atom. The number of aromatic nitrogens is 2. The average molecular weight is 312 g/mol. The molecule has 1 unspecified atom stereocenters. The van der Waals surface area contributed by atoms with Crippen LogP contribution < -0.4 is 5.73 Å². The van der Waals surface area contributed by atoms with Gasteiger partial charge in [-0.15, -0.1) is 0 Å². The third-order valence-corrected chi connectivity index (χ3v) is 4.17. The lowest BCUT2D eigenvalue weighted by atomic mass is 9.90. The summed E-state index contributed by atoms with van der Waals surface area (Å²) in [4.78, 5) is 0. The molecule has 0 amide bonds. The Kier molecular flexibility index (Phi) is 4.43. The van der Waals surface area contributed by atoms with E-state index in [1.807, 2.05) is 12.1 Å². The highest BCUT2D eigenvalue weighted by molar-refractivity contribution is 6.42. The summed E-state index contributed by atoms with van der Waals surface area (Å²) >= 11 is 12.4. The van der Waals surface area contributed by atoms with Crippen molar-refractivity contribution in [1.29, 1.82) is 0 Å². The summed E-state index contributed by atoms with van der Waals surface area (Å²) in [5, 5.41) is 8.55. The van der Waals surface area contributed by atoms with E-state index in [9.17, 15) is 0 Å². The van der Waals surface area contributed by atoms with Crippen LogP contribution in [0.1, 0.15) is 43.6 Å². The molecule has 1 aromatic heterocycles. The van der Waals surface area contributed by atoms with E-state index in [0.717, 1.165) is 17.0 Å². The molecule has 1 heterocycles. The van der Waals surface area contributed by atoms with Crippen molar-refractivity contribution in [1.82, 2.24) is 10.2 Å². The largest absolute Gasteiger partial charge is 0.329 e. The second-order valence-electron chi connectivity index (χ2n) is 5.89. The van der Waals surface area contributed by atoms with Crippen LogP contribution in [-0.2, 0) is 5.41 Å². The second kappa shape index (κ2) is 5.76. The van der Waals surface area contributed by atoms with Crippen LogP contribution in [0.25, 0.3) is 0 Å². The summed E-state index contributed by atoms with van der Waals surface area (Å²) in [7, 11) is 0. The van der Waals surface area contributed by atoms with E-state index < -0.39 is 0 Å². The molecule has 0 saturated heterocycles. The number of hydrogen-bond acceptors (Lipinski definition) is 2. The Bertz CT molecular complexity index is 599. The van der Waals surface area contributed by atoms with Gasteiger partial charge in [0.1, 0.15) is 0 Å². The zero-order valence-electron chi connectivity index (χ0n) is 11.9. The number of H-pyrrole nitrogens is 1. The lowest BCUT2D eigenvalue weighted by Gasteiger charge is -2.16. The molecular formula is C15H19Cl2N3. The average Bonchev–Trinajstić information content (AvgIpc) is 2.85. The predicted molar refractivity (Wildman–Crippen MR) is 84.6 cm³/mol. The van der Waals surface area contributed by atoms with E-state index in [2.05, 4.69) is 37.0 Å². The van der Waals surface area contributed by atoms with Crippen LogP contribution in [0, 0.1) is 0 Å². The lowest BCUT2D eigenvalue weighted by molar-refractivity contribution is 0.567. The Hall–Kier alpha value is -1.03. The minimum absolute atomic E-state index is 0.00791. The SMILES string of the molecule is CC(C)(C)c1cc(C(CN)c2cccc(Cl)c2Cl)[nH]n1. The van der Waals surface area contributed by atoms with Gasteiger partial charge < -0.3 is 5.73 Å². The van der Waals surface area contributed by atoms with Crippen LogP contribution in [-0.4, -0.2) is 16.7 Å². The van der Waals surface area contributed by atoms with Gasteiger partial charge in [-0.25, -0.2) is 0 Å². The first-order chi connectivity index (χ1) is 9.34. The van der Waals surface area contributed by atoms with Gasteiger partial charge in [0.25, 0.3) is 0 Å². The molecule has 5 heteroatoms. The van der Waals surface area contributed by atoms with Crippen molar-refractivity contribution in [3.63, 3.8) is 0 Å². The highest BCUT2D eigenvalue weighted by atomic mass is 35.5. The van der Waals surface area contributed by atoms with E-state index in [1.54, 1.807) is 6.07 Å². The molecule has 108 valence electrons. The molecule has 3 N–H and O–H groups in total. The van der Waals surface area contributed by atoms with Crippen molar-refractivity contribution in [2.75, 3.05) is 6.54 Å². The number of aromatic amines is 1. The van der Waals surface area contributed by atoms with Crippen molar-refractivity contribution in [2.24, 2.45) is 5.73 Å². The summed E-state index contributed by atoms with van der Waals surface area (Å²) in [5.74, 6) is -0.0372. The van der Waals surface area contributed by atoms with E-state index in [-0.39, 0.29) is 11.3 Å². The van der Waals surface area contributed by atoms with Crippen molar-refractivity contribution in [3.05, 3.63) is 51.3 Å². The van der Waals surface area contributed by atoms with Gasteiger partial charge in [0, 0.05) is 23.6 Å².